The quantitative estimate of drug-likeness (QED) is 0.567. The lowest BCUT2D eigenvalue weighted by Gasteiger charge is -2.22. The smallest absolute Gasteiger partial charge is 0.226 e. The molecule has 0 amide bonds. The molecule has 0 atom stereocenters. The molecule has 7 nitrogen and oxygen atoms in total. The number of anilines is 1. The summed E-state index contributed by atoms with van der Waals surface area (Å²) in [5, 5.41) is 19.2. The molecule has 0 aliphatic heterocycles. The van der Waals surface area contributed by atoms with Crippen molar-refractivity contribution in [2.24, 2.45) is 0 Å². The third kappa shape index (κ3) is 5.31. The van der Waals surface area contributed by atoms with Crippen LogP contribution in [0.3, 0.4) is 0 Å². The van der Waals surface area contributed by atoms with Crippen molar-refractivity contribution < 1.29 is 0 Å². The highest BCUT2D eigenvalue weighted by molar-refractivity contribution is 5.84. The molecule has 0 aliphatic carbocycles. The molecule has 3 aromatic rings. The van der Waals surface area contributed by atoms with E-state index in [0.717, 1.165) is 49.8 Å². The van der Waals surface area contributed by atoms with Gasteiger partial charge in [-0.25, -0.2) is 9.97 Å². The highest BCUT2D eigenvalue weighted by Gasteiger charge is 2.08. The van der Waals surface area contributed by atoms with Gasteiger partial charge in [0.2, 0.25) is 5.95 Å². The van der Waals surface area contributed by atoms with Crippen molar-refractivity contribution in [1.82, 2.24) is 19.9 Å². The first kappa shape index (κ1) is 20.3. The Morgan fingerprint density at radius 2 is 1.90 bits per heavy atom. The van der Waals surface area contributed by atoms with Gasteiger partial charge in [-0.15, -0.1) is 0 Å². The zero-order valence-corrected chi connectivity index (χ0v) is 16.9. The minimum atomic E-state index is 0.384. The summed E-state index contributed by atoms with van der Waals surface area (Å²) < 4.78 is 0. The molecule has 148 valence electrons. The van der Waals surface area contributed by atoms with Gasteiger partial charge >= 0.3 is 0 Å². The van der Waals surface area contributed by atoms with Gasteiger partial charge in [-0.2, -0.15) is 10.5 Å². The van der Waals surface area contributed by atoms with E-state index in [2.05, 4.69) is 39.2 Å². The number of nitrogens with zero attached hydrogens (tertiary/aromatic N) is 6. The Labute approximate surface area is 171 Å². The van der Waals surface area contributed by atoms with E-state index in [-0.39, 0.29) is 0 Å². The van der Waals surface area contributed by atoms with Gasteiger partial charge in [-0.1, -0.05) is 0 Å². The van der Waals surface area contributed by atoms with Crippen molar-refractivity contribution in [3.63, 3.8) is 0 Å². The largest absolute Gasteiger partial charge is 0.361 e. The molecule has 0 aliphatic rings. The Bertz CT molecular complexity index is 1040. The van der Waals surface area contributed by atoms with Gasteiger partial charge in [-0.3, -0.25) is 0 Å². The molecule has 2 aromatic heterocycles. The predicted octanol–water partition coefficient (Wildman–Crippen LogP) is 3.09. The number of unbranched alkanes of at least 4 members (excludes halogenated alkanes) is 1. The van der Waals surface area contributed by atoms with Crippen LogP contribution in [0, 0.1) is 22.7 Å². The van der Waals surface area contributed by atoms with Crippen LogP contribution in [0.2, 0.25) is 0 Å². The van der Waals surface area contributed by atoms with Gasteiger partial charge in [-0.05, 0) is 62.7 Å². The molecule has 3 rings (SSSR count). The van der Waals surface area contributed by atoms with Crippen molar-refractivity contribution >= 4 is 16.9 Å². The van der Waals surface area contributed by atoms with Gasteiger partial charge in [0.1, 0.15) is 11.8 Å². The molecule has 29 heavy (non-hydrogen) atoms. The van der Waals surface area contributed by atoms with Crippen LogP contribution in [-0.2, 0) is 6.42 Å². The molecule has 0 fully saturated rings. The summed E-state index contributed by atoms with van der Waals surface area (Å²) in [4.78, 5) is 16.0. The summed E-state index contributed by atoms with van der Waals surface area (Å²) in [5.74, 6) is 0.577. The van der Waals surface area contributed by atoms with Crippen LogP contribution in [-0.4, -0.2) is 53.6 Å². The van der Waals surface area contributed by atoms with Gasteiger partial charge < -0.3 is 14.8 Å². The van der Waals surface area contributed by atoms with E-state index in [1.165, 1.54) is 5.56 Å². The van der Waals surface area contributed by atoms with E-state index >= 15 is 0 Å². The van der Waals surface area contributed by atoms with Gasteiger partial charge in [0.05, 0.1) is 11.6 Å². The van der Waals surface area contributed by atoms with Crippen LogP contribution in [0.15, 0.2) is 36.7 Å². The summed E-state index contributed by atoms with van der Waals surface area (Å²) in [5.41, 5.74) is 3.44. The van der Waals surface area contributed by atoms with Crippen molar-refractivity contribution in [1.29, 1.82) is 10.5 Å². The molecular weight excluding hydrogens is 362 g/mol. The lowest BCUT2D eigenvalue weighted by atomic mass is 10.1. The summed E-state index contributed by atoms with van der Waals surface area (Å²) in [6.45, 7) is 2.71. The lowest BCUT2D eigenvalue weighted by molar-refractivity contribution is 0.332. The summed E-state index contributed by atoms with van der Waals surface area (Å²) in [6.07, 6.45) is 6.87. The maximum Gasteiger partial charge on any atom is 0.226 e. The number of aryl methyl sites for hydroxylation is 1. The van der Waals surface area contributed by atoms with Crippen molar-refractivity contribution in [3.05, 3.63) is 53.5 Å². The number of hydrogen-bond acceptors (Lipinski definition) is 6. The number of benzene rings is 1. The first-order chi connectivity index (χ1) is 14.1. The van der Waals surface area contributed by atoms with Crippen LogP contribution in [0.4, 0.5) is 5.95 Å². The number of hydrogen-bond donors (Lipinski definition) is 1. The topological polar surface area (TPSA) is 95.6 Å². The van der Waals surface area contributed by atoms with E-state index in [0.29, 0.717) is 17.2 Å². The van der Waals surface area contributed by atoms with Gasteiger partial charge in [0, 0.05) is 43.4 Å². The number of likely N-dealkylation sites (N-methyl/N-ethyl adjacent to an activating group) is 2. The highest BCUT2D eigenvalue weighted by atomic mass is 15.2. The molecule has 0 bridgehead atoms. The Hall–Kier alpha value is -3.42. The minimum Gasteiger partial charge on any atom is -0.361 e. The van der Waals surface area contributed by atoms with Crippen LogP contribution in [0.5, 0.6) is 0 Å². The molecular formula is C22H25N7. The van der Waals surface area contributed by atoms with Crippen molar-refractivity contribution in [2.75, 3.05) is 38.6 Å². The number of H-pyrrole nitrogens is 1. The fourth-order valence-corrected chi connectivity index (χ4v) is 3.28. The number of nitriles is 2. The molecule has 0 radical (unpaired) electrons. The van der Waals surface area contributed by atoms with Crippen LogP contribution < -0.4 is 4.90 Å². The normalized spacial score (nSPS) is 10.8. The van der Waals surface area contributed by atoms with E-state index < -0.39 is 0 Å². The Morgan fingerprint density at radius 3 is 2.69 bits per heavy atom. The Balaban J connectivity index is 1.42. The number of fused-ring (bicyclic) bond motifs is 1. The lowest BCUT2D eigenvalue weighted by Crippen LogP contribution is -2.32. The molecule has 7 heteroatoms. The fraction of sp³-hybridized carbons (Fsp3) is 0.364. The average molecular weight is 387 g/mol. The van der Waals surface area contributed by atoms with E-state index in [4.69, 9.17) is 10.5 Å². The first-order valence-electron chi connectivity index (χ1n) is 9.73. The second-order valence-corrected chi connectivity index (χ2v) is 7.22. The van der Waals surface area contributed by atoms with E-state index in [9.17, 15) is 0 Å². The SMILES string of the molecule is CN(CCCCc1c[nH]c2ccc(C#N)cc12)CCN(C)c1nccc(C#N)n1. The molecule has 1 N–H and O–H groups in total. The molecule has 0 saturated heterocycles. The van der Waals surface area contributed by atoms with Crippen LogP contribution >= 0.6 is 0 Å². The maximum atomic E-state index is 9.10. The first-order valence-corrected chi connectivity index (χ1v) is 9.73. The molecule has 0 saturated carbocycles. The number of aromatic amines is 1. The molecule has 1 aromatic carbocycles. The number of nitrogens with one attached hydrogen (secondary N) is 1. The van der Waals surface area contributed by atoms with Crippen LogP contribution in [0.25, 0.3) is 10.9 Å². The minimum absolute atomic E-state index is 0.384. The number of rotatable bonds is 9. The average Bonchev–Trinajstić information content (AvgIpc) is 3.17. The summed E-state index contributed by atoms with van der Waals surface area (Å²) in [6, 6.07) is 11.6. The molecule has 0 spiro atoms. The standard InChI is InChI=1S/C22H25N7/c1-28(11-12-29(2)22-25-9-8-19(15-24)27-22)10-4-3-5-18-16-26-21-7-6-17(14-23)13-20(18)21/h6-9,13,16,26H,3-5,10-12H2,1-2H3. The second kappa shape index (κ2) is 9.68. The van der Waals surface area contributed by atoms with Crippen molar-refractivity contribution in [3.8, 4) is 12.1 Å². The Morgan fingerprint density at radius 1 is 1.03 bits per heavy atom. The second-order valence-electron chi connectivity index (χ2n) is 7.22. The fourth-order valence-electron chi connectivity index (χ4n) is 3.28. The summed E-state index contributed by atoms with van der Waals surface area (Å²) >= 11 is 0. The van der Waals surface area contributed by atoms with E-state index in [1.54, 1.807) is 12.3 Å². The van der Waals surface area contributed by atoms with Gasteiger partial charge in [0.15, 0.2) is 0 Å². The third-order valence-corrected chi connectivity index (χ3v) is 5.05. The van der Waals surface area contributed by atoms with E-state index in [1.807, 2.05) is 36.2 Å². The molecule has 2 heterocycles. The monoisotopic (exact) mass is 387 g/mol. The maximum absolute atomic E-state index is 9.10. The molecule has 0 unspecified atom stereocenters. The zero-order chi connectivity index (χ0) is 20.6. The van der Waals surface area contributed by atoms with Gasteiger partial charge in [0.25, 0.3) is 0 Å². The Kier molecular flexibility index (Phi) is 6.78. The van der Waals surface area contributed by atoms with Crippen molar-refractivity contribution in [2.45, 2.75) is 19.3 Å². The van der Waals surface area contributed by atoms with Crippen LogP contribution in [0.1, 0.15) is 29.7 Å². The summed E-state index contributed by atoms with van der Waals surface area (Å²) in [7, 11) is 4.06. The predicted molar refractivity (Wildman–Crippen MR) is 113 cm³/mol. The zero-order valence-electron chi connectivity index (χ0n) is 16.9. The third-order valence-electron chi connectivity index (χ3n) is 5.05. The number of aromatic nitrogens is 3. The highest BCUT2D eigenvalue weighted by Crippen LogP contribution is 2.21.